The summed E-state index contributed by atoms with van der Waals surface area (Å²) in [6.07, 6.45) is 1.32. The molecule has 0 atom stereocenters. The predicted octanol–water partition coefficient (Wildman–Crippen LogP) is 5.26. The van der Waals surface area contributed by atoms with Gasteiger partial charge in [0.05, 0.1) is 15.7 Å². The highest BCUT2D eigenvalue weighted by molar-refractivity contribution is 6.42. The van der Waals surface area contributed by atoms with Crippen LogP contribution < -0.4 is 4.90 Å². The van der Waals surface area contributed by atoms with E-state index in [1.54, 1.807) is 60.7 Å². The topological polar surface area (TPSA) is 70.8 Å². The SMILES string of the molecule is CN1C(=O)/C(=C/c2ccc(-c3ccc(Cl)c(Cl)c3)o2)C(=O)N(c2ccccc2)C1=O. The smallest absolute Gasteiger partial charge is 0.338 e. The van der Waals surface area contributed by atoms with Gasteiger partial charge in [-0.1, -0.05) is 41.4 Å². The van der Waals surface area contributed by atoms with E-state index in [1.807, 2.05) is 0 Å². The summed E-state index contributed by atoms with van der Waals surface area (Å²) in [6.45, 7) is 0. The van der Waals surface area contributed by atoms with E-state index >= 15 is 0 Å². The Bertz CT molecular complexity index is 1200. The summed E-state index contributed by atoms with van der Waals surface area (Å²) in [6, 6.07) is 16.0. The molecule has 4 rings (SSSR count). The fourth-order valence-corrected chi connectivity index (χ4v) is 3.32. The zero-order valence-electron chi connectivity index (χ0n) is 15.6. The molecule has 0 saturated carbocycles. The van der Waals surface area contributed by atoms with Crippen LogP contribution >= 0.6 is 23.2 Å². The van der Waals surface area contributed by atoms with Gasteiger partial charge >= 0.3 is 6.03 Å². The number of hydrogen-bond donors (Lipinski definition) is 0. The van der Waals surface area contributed by atoms with Gasteiger partial charge in [0, 0.05) is 12.6 Å². The third kappa shape index (κ3) is 3.51. The van der Waals surface area contributed by atoms with Crippen LogP contribution in [0.4, 0.5) is 10.5 Å². The molecule has 6 nitrogen and oxygen atoms in total. The largest absolute Gasteiger partial charge is 0.457 e. The van der Waals surface area contributed by atoms with Crippen LogP contribution in [0.5, 0.6) is 0 Å². The Kier molecular flexibility index (Phi) is 5.20. The highest BCUT2D eigenvalue weighted by Gasteiger charge is 2.41. The van der Waals surface area contributed by atoms with Crippen molar-refractivity contribution in [1.82, 2.24) is 4.90 Å². The van der Waals surface area contributed by atoms with Gasteiger partial charge in [-0.05, 0) is 48.5 Å². The average Bonchev–Trinajstić information content (AvgIpc) is 3.21. The number of rotatable bonds is 3. The first-order chi connectivity index (χ1) is 14.4. The summed E-state index contributed by atoms with van der Waals surface area (Å²) in [7, 11) is 1.32. The van der Waals surface area contributed by atoms with Crippen molar-refractivity contribution in [2.45, 2.75) is 0 Å². The number of benzene rings is 2. The van der Waals surface area contributed by atoms with Crippen LogP contribution in [0.1, 0.15) is 5.76 Å². The lowest BCUT2D eigenvalue weighted by Crippen LogP contribution is -2.55. The Labute approximate surface area is 181 Å². The lowest BCUT2D eigenvalue weighted by atomic mass is 10.1. The lowest BCUT2D eigenvalue weighted by molar-refractivity contribution is -0.128. The molecule has 30 heavy (non-hydrogen) atoms. The molecule has 150 valence electrons. The fourth-order valence-electron chi connectivity index (χ4n) is 3.02. The molecule has 1 aliphatic rings. The minimum atomic E-state index is -0.721. The summed E-state index contributed by atoms with van der Waals surface area (Å²) in [5.41, 5.74) is 0.873. The van der Waals surface area contributed by atoms with Crippen LogP contribution in [0.2, 0.25) is 10.0 Å². The second-order valence-corrected chi connectivity index (χ2v) is 7.33. The van der Waals surface area contributed by atoms with Crippen LogP contribution in [0.15, 0.2) is 70.7 Å². The zero-order chi connectivity index (χ0) is 21.4. The average molecular weight is 441 g/mol. The lowest BCUT2D eigenvalue weighted by Gasteiger charge is -2.31. The maximum absolute atomic E-state index is 13.0. The number of hydrogen-bond acceptors (Lipinski definition) is 4. The Morgan fingerprint density at radius 1 is 0.867 bits per heavy atom. The monoisotopic (exact) mass is 440 g/mol. The Morgan fingerprint density at radius 3 is 2.30 bits per heavy atom. The molecule has 2 aromatic carbocycles. The van der Waals surface area contributed by atoms with E-state index in [9.17, 15) is 14.4 Å². The molecule has 0 N–H and O–H groups in total. The third-order valence-corrected chi connectivity index (χ3v) is 5.32. The van der Waals surface area contributed by atoms with Crippen LogP contribution in [-0.2, 0) is 9.59 Å². The molecule has 0 unspecified atom stereocenters. The molecular weight excluding hydrogens is 427 g/mol. The second kappa shape index (κ2) is 7.82. The molecule has 1 aromatic heterocycles. The van der Waals surface area contributed by atoms with Gasteiger partial charge in [-0.3, -0.25) is 14.5 Å². The van der Waals surface area contributed by atoms with Crippen LogP contribution in [0, 0.1) is 0 Å². The van der Waals surface area contributed by atoms with Gasteiger partial charge in [0.25, 0.3) is 11.8 Å². The zero-order valence-corrected chi connectivity index (χ0v) is 17.1. The normalized spacial score (nSPS) is 16.0. The van der Waals surface area contributed by atoms with Crippen molar-refractivity contribution in [3.63, 3.8) is 0 Å². The summed E-state index contributed by atoms with van der Waals surface area (Å²) in [5, 5.41) is 0.795. The Hall–Kier alpha value is -3.35. The number of carbonyl (C=O) groups is 3. The fraction of sp³-hybridized carbons (Fsp3) is 0.0455. The first-order valence-corrected chi connectivity index (χ1v) is 9.61. The van der Waals surface area contributed by atoms with Crippen molar-refractivity contribution >= 4 is 52.8 Å². The maximum Gasteiger partial charge on any atom is 0.338 e. The predicted molar refractivity (Wildman–Crippen MR) is 114 cm³/mol. The highest BCUT2D eigenvalue weighted by Crippen LogP contribution is 2.31. The molecule has 1 aliphatic heterocycles. The second-order valence-electron chi connectivity index (χ2n) is 6.51. The number of carbonyl (C=O) groups excluding carboxylic acids is 3. The summed E-state index contributed by atoms with van der Waals surface area (Å²) < 4.78 is 5.76. The van der Waals surface area contributed by atoms with E-state index in [0.717, 1.165) is 9.80 Å². The molecule has 8 heteroatoms. The van der Waals surface area contributed by atoms with Gasteiger partial charge in [0.2, 0.25) is 0 Å². The number of likely N-dealkylation sites (N-methyl/N-ethyl adjacent to an activating group) is 1. The first kappa shape index (κ1) is 19.9. The number of anilines is 1. The van der Waals surface area contributed by atoms with Gasteiger partial charge in [-0.2, -0.15) is 0 Å². The molecule has 0 spiro atoms. The van der Waals surface area contributed by atoms with Crippen LogP contribution in [-0.4, -0.2) is 29.8 Å². The minimum Gasteiger partial charge on any atom is -0.457 e. The number of barbiturate groups is 1. The molecule has 1 saturated heterocycles. The van der Waals surface area contributed by atoms with E-state index in [-0.39, 0.29) is 11.3 Å². The van der Waals surface area contributed by atoms with Gasteiger partial charge in [0.15, 0.2) is 0 Å². The van der Waals surface area contributed by atoms with Crippen molar-refractivity contribution in [1.29, 1.82) is 0 Å². The van der Waals surface area contributed by atoms with E-state index in [0.29, 0.717) is 27.1 Å². The number of nitrogens with zero attached hydrogens (tertiary/aromatic N) is 2. The van der Waals surface area contributed by atoms with Crippen molar-refractivity contribution in [2.24, 2.45) is 0 Å². The highest BCUT2D eigenvalue weighted by atomic mass is 35.5. The van der Waals surface area contributed by atoms with Gasteiger partial charge in [-0.15, -0.1) is 0 Å². The number of imide groups is 2. The number of halogens is 2. The third-order valence-electron chi connectivity index (χ3n) is 4.58. The maximum atomic E-state index is 13.0. The molecule has 2 heterocycles. The standard InChI is InChI=1S/C22H14Cl2N2O4/c1-25-20(27)16(21(28)26(22(25)29)14-5-3-2-4-6-14)12-15-8-10-19(30-15)13-7-9-17(23)18(24)11-13/h2-12H,1H3/b16-12-. The van der Waals surface area contributed by atoms with Gasteiger partial charge in [0.1, 0.15) is 17.1 Å². The van der Waals surface area contributed by atoms with E-state index in [1.165, 1.54) is 13.1 Å². The van der Waals surface area contributed by atoms with Crippen LogP contribution in [0.3, 0.4) is 0 Å². The van der Waals surface area contributed by atoms with Crippen molar-refractivity contribution in [3.05, 3.63) is 82.0 Å². The van der Waals surface area contributed by atoms with Gasteiger partial charge < -0.3 is 4.42 Å². The Balaban J connectivity index is 1.71. The molecule has 4 amide bonds. The van der Waals surface area contributed by atoms with E-state index in [4.69, 9.17) is 27.6 Å². The quantitative estimate of drug-likeness (QED) is 0.411. The molecular formula is C22H14Cl2N2O4. The number of furan rings is 1. The number of urea groups is 1. The molecule has 1 fully saturated rings. The van der Waals surface area contributed by atoms with E-state index in [2.05, 4.69) is 0 Å². The van der Waals surface area contributed by atoms with Crippen LogP contribution in [0.25, 0.3) is 17.4 Å². The van der Waals surface area contributed by atoms with E-state index < -0.39 is 17.8 Å². The first-order valence-electron chi connectivity index (χ1n) is 8.85. The molecule has 0 radical (unpaired) electrons. The summed E-state index contributed by atoms with van der Waals surface area (Å²) in [5.74, 6) is -0.657. The number of amides is 4. The summed E-state index contributed by atoms with van der Waals surface area (Å²) >= 11 is 12.0. The molecule has 3 aromatic rings. The molecule has 0 bridgehead atoms. The number of para-hydroxylation sites is 1. The van der Waals surface area contributed by atoms with Gasteiger partial charge in [-0.25, -0.2) is 9.69 Å². The summed E-state index contributed by atoms with van der Waals surface area (Å²) in [4.78, 5) is 39.9. The van der Waals surface area contributed by atoms with Crippen molar-refractivity contribution < 1.29 is 18.8 Å². The minimum absolute atomic E-state index is 0.184. The van der Waals surface area contributed by atoms with Crippen molar-refractivity contribution in [3.8, 4) is 11.3 Å². The van der Waals surface area contributed by atoms with Crippen molar-refractivity contribution in [2.75, 3.05) is 11.9 Å². The molecule has 0 aliphatic carbocycles. The Morgan fingerprint density at radius 2 is 1.60 bits per heavy atom.